The van der Waals surface area contributed by atoms with Gasteiger partial charge in [-0.1, -0.05) is 6.07 Å². The molecule has 0 radical (unpaired) electrons. The molecule has 2 aromatic rings. The van der Waals surface area contributed by atoms with Gasteiger partial charge >= 0.3 is 0 Å². The third-order valence-electron chi connectivity index (χ3n) is 4.73. The van der Waals surface area contributed by atoms with Crippen LogP contribution >= 0.6 is 0 Å². The molecule has 1 heterocycles. The summed E-state index contributed by atoms with van der Waals surface area (Å²) in [5.41, 5.74) is 13.8. The van der Waals surface area contributed by atoms with Gasteiger partial charge in [-0.3, -0.25) is 0 Å². The molecular weight excluding hydrogens is 334 g/mol. The van der Waals surface area contributed by atoms with E-state index in [9.17, 15) is 8.78 Å². The van der Waals surface area contributed by atoms with Crippen molar-refractivity contribution in [2.45, 2.75) is 32.1 Å². The standard InChI is InChI=1S/C20H22F2N4/c21-15-6-2-7-16(22)19(15)17(23)12-14-5-1-4-13(20(14)24)8-9-18-25-10-3-11-26-18/h2-3,6-7,10-13H,1,4-5,8-9,23-24H2/b17-12-. The van der Waals surface area contributed by atoms with E-state index in [1.165, 1.54) is 18.2 Å². The zero-order valence-corrected chi connectivity index (χ0v) is 14.5. The van der Waals surface area contributed by atoms with Crippen LogP contribution in [0, 0.1) is 17.6 Å². The number of nitrogens with zero attached hydrogens (tertiary/aromatic N) is 2. The van der Waals surface area contributed by atoms with Gasteiger partial charge in [0.15, 0.2) is 0 Å². The van der Waals surface area contributed by atoms with Gasteiger partial charge in [-0.25, -0.2) is 18.7 Å². The fraction of sp³-hybridized carbons (Fsp3) is 0.300. The molecule has 0 bridgehead atoms. The summed E-state index contributed by atoms with van der Waals surface area (Å²) in [6.07, 6.45) is 9.31. The highest BCUT2D eigenvalue weighted by Gasteiger charge is 2.21. The number of nitrogens with two attached hydrogens (primary N) is 2. The van der Waals surface area contributed by atoms with Crippen molar-refractivity contribution in [3.8, 4) is 0 Å². The molecule has 0 fully saturated rings. The molecule has 1 aliphatic rings. The quantitative estimate of drug-likeness (QED) is 0.856. The highest BCUT2D eigenvalue weighted by atomic mass is 19.1. The Morgan fingerprint density at radius 1 is 1.15 bits per heavy atom. The molecule has 3 rings (SSSR count). The first-order chi connectivity index (χ1) is 12.6. The number of halogens is 2. The zero-order chi connectivity index (χ0) is 18.5. The highest BCUT2D eigenvalue weighted by Crippen LogP contribution is 2.32. The number of allylic oxidation sites excluding steroid dienone is 3. The van der Waals surface area contributed by atoms with Crippen LogP contribution in [0.5, 0.6) is 0 Å². The zero-order valence-electron chi connectivity index (χ0n) is 14.5. The number of aromatic nitrogens is 2. The van der Waals surface area contributed by atoms with Crippen molar-refractivity contribution < 1.29 is 8.78 Å². The van der Waals surface area contributed by atoms with E-state index in [2.05, 4.69) is 9.97 Å². The van der Waals surface area contributed by atoms with Gasteiger partial charge < -0.3 is 11.5 Å². The molecule has 6 heteroatoms. The van der Waals surface area contributed by atoms with Gasteiger partial charge in [0.25, 0.3) is 0 Å². The van der Waals surface area contributed by atoms with Gasteiger partial charge in [-0.2, -0.15) is 0 Å². The predicted octanol–water partition coefficient (Wildman–Crippen LogP) is 3.70. The molecular formula is C20H22F2N4. The van der Waals surface area contributed by atoms with Crippen molar-refractivity contribution in [1.29, 1.82) is 0 Å². The Morgan fingerprint density at radius 2 is 1.85 bits per heavy atom. The number of benzene rings is 1. The normalized spacial score (nSPS) is 18.2. The fourth-order valence-electron chi connectivity index (χ4n) is 3.35. The van der Waals surface area contributed by atoms with Crippen molar-refractivity contribution in [1.82, 2.24) is 9.97 Å². The SMILES string of the molecule is NC1=C(/C=C(\N)c2c(F)cccc2F)CCCC1CCc1ncccn1. The van der Waals surface area contributed by atoms with Crippen LogP contribution in [0.1, 0.15) is 37.1 Å². The second-order valence-corrected chi connectivity index (χ2v) is 6.47. The molecule has 1 atom stereocenters. The summed E-state index contributed by atoms with van der Waals surface area (Å²) in [6, 6.07) is 5.49. The molecule has 1 aromatic carbocycles. The molecule has 1 aromatic heterocycles. The van der Waals surface area contributed by atoms with Crippen LogP contribution in [0.15, 0.2) is 54.0 Å². The summed E-state index contributed by atoms with van der Waals surface area (Å²) in [4.78, 5) is 8.46. The van der Waals surface area contributed by atoms with E-state index in [0.717, 1.165) is 49.2 Å². The van der Waals surface area contributed by atoms with Gasteiger partial charge in [-0.15, -0.1) is 0 Å². The topological polar surface area (TPSA) is 77.8 Å². The van der Waals surface area contributed by atoms with E-state index in [1.807, 2.05) is 0 Å². The van der Waals surface area contributed by atoms with Gasteiger partial charge in [0.05, 0.1) is 5.56 Å². The molecule has 0 saturated heterocycles. The number of rotatable bonds is 5. The lowest BCUT2D eigenvalue weighted by Crippen LogP contribution is -2.20. The van der Waals surface area contributed by atoms with Crippen LogP contribution in [0.25, 0.3) is 5.70 Å². The lowest BCUT2D eigenvalue weighted by atomic mass is 9.84. The van der Waals surface area contributed by atoms with Crippen LogP contribution in [-0.2, 0) is 6.42 Å². The van der Waals surface area contributed by atoms with Crippen molar-refractivity contribution in [3.63, 3.8) is 0 Å². The molecule has 26 heavy (non-hydrogen) atoms. The van der Waals surface area contributed by atoms with Crippen LogP contribution in [0.2, 0.25) is 0 Å². The number of hydrogen-bond acceptors (Lipinski definition) is 4. The fourth-order valence-corrected chi connectivity index (χ4v) is 3.35. The second kappa shape index (κ2) is 8.08. The lowest BCUT2D eigenvalue weighted by Gasteiger charge is -2.25. The van der Waals surface area contributed by atoms with E-state index < -0.39 is 11.6 Å². The Kier molecular flexibility index (Phi) is 5.61. The third-order valence-corrected chi connectivity index (χ3v) is 4.73. The molecule has 136 valence electrons. The number of aryl methyl sites for hydroxylation is 1. The summed E-state index contributed by atoms with van der Waals surface area (Å²) in [7, 11) is 0. The van der Waals surface area contributed by atoms with Crippen molar-refractivity contribution >= 4 is 5.70 Å². The maximum atomic E-state index is 13.9. The van der Waals surface area contributed by atoms with Crippen molar-refractivity contribution in [2.75, 3.05) is 0 Å². The van der Waals surface area contributed by atoms with Gasteiger partial charge in [-0.05, 0) is 61.4 Å². The molecule has 0 saturated carbocycles. The first-order valence-electron chi connectivity index (χ1n) is 8.72. The first kappa shape index (κ1) is 18.0. The van der Waals surface area contributed by atoms with Crippen LogP contribution in [0.4, 0.5) is 8.78 Å². The minimum absolute atomic E-state index is 0.0607. The summed E-state index contributed by atoms with van der Waals surface area (Å²) in [5.74, 6) is -0.369. The lowest BCUT2D eigenvalue weighted by molar-refractivity contribution is 0.461. The highest BCUT2D eigenvalue weighted by molar-refractivity contribution is 5.66. The molecule has 4 nitrogen and oxygen atoms in total. The Balaban J connectivity index is 1.79. The second-order valence-electron chi connectivity index (χ2n) is 6.47. The molecule has 0 spiro atoms. The predicted molar refractivity (Wildman–Crippen MR) is 97.4 cm³/mol. The molecule has 4 N–H and O–H groups in total. The van der Waals surface area contributed by atoms with Crippen LogP contribution < -0.4 is 11.5 Å². The van der Waals surface area contributed by atoms with E-state index >= 15 is 0 Å². The van der Waals surface area contributed by atoms with E-state index in [4.69, 9.17) is 11.5 Å². The van der Waals surface area contributed by atoms with Gasteiger partial charge in [0.1, 0.15) is 17.5 Å². The summed E-state index contributed by atoms with van der Waals surface area (Å²) in [6.45, 7) is 0. The monoisotopic (exact) mass is 356 g/mol. The van der Waals surface area contributed by atoms with Gasteiger partial charge in [0, 0.05) is 30.2 Å². The Morgan fingerprint density at radius 3 is 2.54 bits per heavy atom. The maximum absolute atomic E-state index is 13.9. The Bertz CT molecular complexity index is 811. The summed E-state index contributed by atoms with van der Waals surface area (Å²) >= 11 is 0. The Labute approximate surface area is 151 Å². The molecule has 1 aliphatic carbocycles. The number of hydrogen-bond donors (Lipinski definition) is 2. The average molecular weight is 356 g/mol. The minimum Gasteiger partial charge on any atom is -0.402 e. The minimum atomic E-state index is -0.675. The maximum Gasteiger partial charge on any atom is 0.135 e. The Hall–Kier alpha value is -2.76. The summed E-state index contributed by atoms with van der Waals surface area (Å²) < 4.78 is 27.8. The van der Waals surface area contributed by atoms with Crippen LogP contribution in [0.3, 0.4) is 0 Å². The van der Waals surface area contributed by atoms with Crippen molar-refractivity contribution in [3.05, 3.63) is 77.0 Å². The third kappa shape index (κ3) is 4.07. The van der Waals surface area contributed by atoms with Crippen LogP contribution in [-0.4, -0.2) is 9.97 Å². The van der Waals surface area contributed by atoms with Crippen molar-refractivity contribution in [2.24, 2.45) is 17.4 Å². The molecule has 0 amide bonds. The molecule has 1 unspecified atom stereocenters. The first-order valence-corrected chi connectivity index (χ1v) is 8.72. The molecule has 0 aliphatic heterocycles. The smallest absolute Gasteiger partial charge is 0.135 e. The van der Waals surface area contributed by atoms with Gasteiger partial charge in [0.2, 0.25) is 0 Å². The largest absolute Gasteiger partial charge is 0.402 e. The average Bonchev–Trinajstić information content (AvgIpc) is 2.63. The van der Waals surface area contributed by atoms with E-state index in [0.29, 0.717) is 0 Å². The summed E-state index contributed by atoms with van der Waals surface area (Å²) in [5, 5.41) is 0. The van der Waals surface area contributed by atoms with E-state index in [-0.39, 0.29) is 17.2 Å². The van der Waals surface area contributed by atoms with E-state index in [1.54, 1.807) is 24.5 Å².